The second kappa shape index (κ2) is 6.70. The first-order valence-electron chi connectivity index (χ1n) is 4.94. The lowest BCUT2D eigenvalue weighted by Gasteiger charge is -2.10. The van der Waals surface area contributed by atoms with Crippen molar-refractivity contribution in [1.82, 2.24) is 4.72 Å². The van der Waals surface area contributed by atoms with E-state index >= 15 is 0 Å². The summed E-state index contributed by atoms with van der Waals surface area (Å²) in [7, 11) is -2.16. The molecule has 0 radical (unpaired) electrons. The molecule has 1 rings (SSSR count). The molecule has 0 aliphatic carbocycles. The number of benzene rings is 1. The van der Waals surface area contributed by atoms with Crippen LogP contribution >= 0.6 is 15.9 Å². The van der Waals surface area contributed by atoms with Gasteiger partial charge in [-0.15, -0.1) is 0 Å². The van der Waals surface area contributed by atoms with Gasteiger partial charge in [0.05, 0.1) is 23.9 Å². The van der Waals surface area contributed by atoms with Crippen molar-refractivity contribution >= 4 is 31.8 Å². The predicted octanol–water partition coefficient (Wildman–Crippen LogP) is 1.21. The zero-order valence-electron chi connectivity index (χ0n) is 9.60. The zero-order chi connectivity index (χ0) is 13.6. The van der Waals surface area contributed by atoms with E-state index in [-0.39, 0.29) is 13.2 Å². The Balaban J connectivity index is 2.75. The van der Waals surface area contributed by atoms with Gasteiger partial charge in [-0.2, -0.15) is 18.4 Å². The minimum Gasteiger partial charge on any atom is -0.383 e. The number of hydrogen-bond acceptors (Lipinski definition) is 4. The molecule has 0 atom stereocenters. The van der Waals surface area contributed by atoms with Gasteiger partial charge in [0.1, 0.15) is 0 Å². The zero-order valence-corrected chi connectivity index (χ0v) is 12.0. The highest BCUT2D eigenvalue weighted by molar-refractivity contribution is 9.10. The number of nitriles is 1. The Kier molecular flexibility index (Phi) is 5.55. The number of ether oxygens (including phenoxy) is 1. The van der Waals surface area contributed by atoms with Gasteiger partial charge in [-0.05, 0) is 34.1 Å². The van der Waals surface area contributed by atoms with E-state index in [0.717, 1.165) is 0 Å². The van der Waals surface area contributed by atoms with Crippen LogP contribution in [-0.4, -0.2) is 28.7 Å². The summed E-state index contributed by atoms with van der Waals surface area (Å²) in [6.45, 7) is 0.467. The van der Waals surface area contributed by atoms with Crippen molar-refractivity contribution in [2.24, 2.45) is 0 Å². The van der Waals surface area contributed by atoms with Gasteiger partial charge in [0.2, 0.25) is 0 Å². The van der Waals surface area contributed by atoms with Crippen molar-refractivity contribution < 1.29 is 13.2 Å². The second-order valence-electron chi connectivity index (χ2n) is 3.30. The number of nitrogens with zero attached hydrogens (tertiary/aromatic N) is 1. The molecule has 18 heavy (non-hydrogen) atoms. The van der Waals surface area contributed by atoms with Crippen molar-refractivity contribution in [2.75, 3.05) is 25.0 Å². The molecule has 8 heteroatoms. The first-order chi connectivity index (χ1) is 8.48. The maximum atomic E-state index is 11.6. The highest BCUT2D eigenvalue weighted by atomic mass is 79.9. The summed E-state index contributed by atoms with van der Waals surface area (Å²) in [5.74, 6) is 0. The van der Waals surface area contributed by atoms with E-state index in [1.54, 1.807) is 0 Å². The highest BCUT2D eigenvalue weighted by Crippen LogP contribution is 2.23. The Labute approximate surface area is 114 Å². The van der Waals surface area contributed by atoms with Gasteiger partial charge in [0.15, 0.2) is 0 Å². The molecule has 0 aliphatic rings. The Morgan fingerprint density at radius 2 is 2.22 bits per heavy atom. The standard InChI is InChI=1S/C10H12BrN3O3S/c1-17-5-4-13-18(15,16)14-10-3-2-8(7-12)6-9(10)11/h2-3,6,13-14H,4-5H2,1H3. The highest BCUT2D eigenvalue weighted by Gasteiger charge is 2.11. The van der Waals surface area contributed by atoms with Gasteiger partial charge in [-0.3, -0.25) is 4.72 Å². The molecule has 0 saturated carbocycles. The molecule has 1 aromatic rings. The summed E-state index contributed by atoms with van der Waals surface area (Å²) in [6.07, 6.45) is 0. The van der Waals surface area contributed by atoms with Gasteiger partial charge in [-0.1, -0.05) is 0 Å². The van der Waals surface area contributed by atoms with Crippen LogP contribution in [0.2, 0.25) is 0 Å². The van der Waals surface area contributed by atoms with Gasteiger partial charge in [0.25, 0.3) is 10.2 Å². The summed E-state index contributed by atoms with van der Waals surface area (Å²) >= 11 is 3.19. The van der Waals surface area contributed by atoms with Gasteiger partial charge < -0.3 is 4.74 Å². The third-order valence-electron chi connectivity index (χ3n) is 1.94. The van der Waals surface area contributed by atoms with Crippen LogP contribution in [0.4, 0.5) is 5.69 Å². The minimum absolute atomic E-state index is 0.180. The average molecular weight is 334 g/mol. The molecule has 0 heterocycles. The third kappa shape index (κ3) is 4.62. The second-order valence-corrected chi connectivity index (χ2v) is 5.65. The van der Waals surface area contributed by atoms with E-state index in [0.29, 0.717) is 15.7 Å². The largest absolute Gasteiger partial charge is 0.383 e. The van der Waals surface area contributed by atoms with Crippen LogP contribution in [0.5, 0.6) is 0 Å². The van der Waals surface area contributed by atoms with E-state index in [9.17, 15) is 8.42 Å². The monoisotopic (exact) mass is 333 g/mol. The van der Waals surface area contributed by atoms with Crippen molar-refractivity contribution in [3.05, 3.63) is 28.2 Å². The molecule has 0 spiro atoms. The summed E-state index contributed by atoms with van der Waals surface area (Å²) in [5.41, 5.74) is 0.802. The lowest BCUT2D eigenvalue weighted by molar-refractivity contribution is 0.204. The molecule has 98 valence electrons. The molecule has 0 amide bonds. The minimum atomic E-state index is -3.64. The van der Waals surface area contributed by atoms with Crippen molar-refractivity contribution in [3.8, 4) is 6.07 Å². The maximum Gasteiger partial charge on any atom is 0.299 e. The van der Waals surface area contributed by atoms with Crippen LogP contribution in [0.15, 0.2) is 22.7 Å². The third-order valence-corrected chi connectivity index (χ3v) is 3.67. The fraction of sp³-hybridized carbons (Fsp3) is 0.300. The van der Waals surface area contributed by atoms with E-state index in [4.69, 9.17) is 10.00 Å². The molecule has 0 aromatic heterocycles. The van der Waals surface area contributed by atoms with Gasteiger partial charge in [-0.25, -0.2) is 0 Å². The molecule has 0 bridgehead atoms. The molecule has 0 unspecified atom stereocenters. The molecule has 2 N–H and O–H groups in total. The summed E-state index contributed by atoms with van der Waals surface area (Å²) in [6, 6.07) is 6.53. The number of nitrogens with one attached hydrogen (secondary N) is 2. The molecule has 0 fully saturated rings. The summed E-state index contributed by atoms with van der Waals surface area (Å²) in [5, 5.41) is 8.69. The van der Waals surface area contributed by atoms with Crippen LogP contribution < -0.4 is 9.44 Å². The molecular formula is C10H12BrN3O3S. The van der Waals surface area contributed by atoms with E-state index < -0.39 is 10.2 Å². The topological polar surface area (TPSA) is 91.2 Å². The molecule has 0 aliphatic heterocycles. The Hall–Kier alpha value is -1.14. The Morgan fingerprint density at radius 1 is 1.50 bits per heavy atom. The van der Waals surface area contributed by atoms with Crippen LogP contribution in [0.25, 0.3) is 0 Å². The average Bonchev–Trinajstić information content (AvgIpc) is 2.31. The normalized spacial score (nSPS) is 10.9. The molecule has 6 nitrogen and oxygen atoms in total. The van der Waals surface area contributed by atoms with E-state index in [1.165, 1.54) is 25.3 Å². The summed E-state index contributed by atoms with van der Waals surface area (Å²) < 4.78 is 33.1. The van der Waals surface area contributed by atoms with Crippen LogP contribution in [0.3, 0.4) is 0 Å². The quantitative estimate of drug-likeness (QED) is 0.765. The van der Waals surface area contributed by atoms with Gasteiger partial charge in [0, 0.05) is 18.1 Å². The number of rotatable bonds is 6. The van der Waals surface area contributed by atoms with Gasteiger partial charge >= 0.3 is 0 Å². The van der Waals surface area contributed by atoms with Crippen LogP contribution in [-0.2, 0) is 14.9 Å². The summed E-state index contributed by atoms with van der Waals surface area (Å²) in [4.78, 5) is 0. The predicted molar refractivity (Wildman–Crippen MR) is 71.3 cm³/mol. The van der Waals surface area contributed by atoms with Crippen LogP contribution in [0, 0.1) is 11.3 Å². The smallest absolute Gasteiger partial charge is 0.299 e. The Morgan fingerprint density at radius 3 is 2.78 bits per heavy atom. The van der Waals surface area contributed by atoms with Crippen molar-refractivity contribution in [1.29, 1.82) is 5.26 Å². The van der Waals surface area contributed by atoms with Crippen molar-refractivity contribution in [3.63, 3.8) is 0 Å². The van der Waals surface area contributed by atoms with E-state index in [1.807, 2.05) is 6.07 Å². The molecular weight excluding hydrogens is 322 g/mol. The Bertz CT molecular complexity index is 554. The first-order valence-corrected chi connectivity index (χ1v) is 7.22. The number of anilines is 1. The SMILES string of the molecule is COCCNS(=O)(=O)Nc1ccc(C#N)cc1Br. The number of methoxy groups -OCH3 is 1. The number of hydrogen-bond donors (Lipinski definition) is 2. The number of halogens is 1. The maximum absolute atomic E-state index is 11.6. The van der Waals surface area contributed by atoms with E-state index in [2.05, 4.69) is 25.4 Å². The lowest BCUT2D eigenvalue weighted by atomic mass is 10.2. The molecule has 0 saturated heterocycles. The first kappa shape index (κ1) is 14.9. The van der Waals surface area contributed by atoms with Crippen molar-refractivity contribution in [2.45, 2.75) is 0 Å². The lowest BCUT2D eigenvalue weighted by Crippen LogP contribution is -2.32. The molecule has 1 aromatic carbocycles. The van der Waals surface area contributed by atoms with Crippen LogP contribution in [0.1, 0.15) is 5.56 Å². The fourth-order valence-electron chi connectivity index (χ4n) is 1.13. The fourth-order valence-corrected chi connectivity index (χ4v) is 2.63.